The van der Waals surface area contributed by atoms with Crippen LogP contribution >= 0.6 is 23.4 Å². The van der Waals surface area contributed by atoms with E-state index in [4.69, 9.17) is 11.6 Å². The van der Waals surface area contributed by atoms with E-state index in [1.165, 1.54) is 0 Å². The highest BCUT2D eigenvalue weighted by molar-refractivity contribution is 7.99. The van der Waals surface area contributed by atoms with Gasteiger partial charge in [-0.15, -0.1) is 11.8 Å². The Morgan fingerprint density at radius 3 is 2.24 bits per heavy atom. The second-order valence-corrected chi connectivity index (χ2v) is 7.73. The summed E-state index contributed by atoms with van der Waals surface area (Å²) in [6.45, 7) is 12.2. The Kier molecular flexibility index (Phi) is 7.61. The van der Waals surface area contributed by atoms with E-state index in [2.05, 4.69) is 34.6 Å². The van der Waals surface area contributed by atoms with Crippen LogP contribution in [0, 0.1) is 11.8 Å². The predicted molar refractivity (Wildman–Crippen MR) is 93.4 cm³/mol. The third-order valence-electron chi connectivity index (χ3n) is 2.94. The van der Waals surface area contributed by atoms with E-state index in [9.17, 15) is 4.79 Å². The molecule has 0 aromatic heterocycles. The molecule has 0 unspecified atom stereocenters. The summed E-state index contributed by atoms with van der Waals surface area (Å²) in [4.78, 5) is 15.8. The zero-order valence-corrected chi connectivity index (χ0v) is 15.2. The first-order valence-electron chi connectivity index (χ1n) is 7.57. The average Bonchev–Trinajstić information content (AvgIpc) is 2.38. The largest absolute Gasteiger partial charge is 0.338 e. The van der Waals surface area contributed by atoms with Crippen LogP contribution in [0.5, 0.6) is 0 Å². The lowest BCUT2D eigenvalue weighted by atomic mass is 10.1. The molecule has 4 heteroatoms. The molecule has 2 nitrogen and oxygen atoms in total. The van der Waals surface area contributed by atoms with Gasteiger partial charge in [-0.25, -0.2) is 0 Å². The maximum atomic E-state index is 12.9. The molecule has 21 heavy (non-hydrogen) atoms. The lowest BCUT2D eigenvalue weighted by Crippen LogP contribution is -2.37. The van der Waals surface area contributed by atoms with Crippen LogP contribution in [0.3, 0.4) is 0 Å². The Labute approximate surface area is 138 Å². The summed E-state index contributed by atoms with van der Waals surface area (Å²) in [7, 11) is 0. The van der Waals surface area contributed by atoms with Crippen molar-refractivity contribution < 1.29 is 4.79 Å². The van der Waals surface area contributed by atoms with Crippen LogP contribution in [0.4, 0.5) is 0 Å². The van der Waals surface area contributed by atoms with Crippen LogP contribution in [-0.4, -0.2) is 29.6 Å². The molecule has 1 rings (SSSR count). The molecule has 0 saturated heterocycles. The third-order valence-corrected chi connectivity index (χ3v) is 4.39. The van der Waals surface area contributed by atoms with Gasteiger partial charge in [0.15, 0.2) is 0 Å². The summed E-state index contributed by atoms with van der Waals surface area (Å²) >= 11 is 7.91. The van der Waals surface area contributed by atoms with E-state index in [1.54, 1.807) is 11.8 Å². The fourth-order valence-electron chi connectivity index (χ4n) is 2.26. The second kappa shape index (κ2) is 8.70. The zero-order chi connectivity index (χ0) is 16.0. The molecule has 0 aliphatic rings. The van der Waals surface area contributed by atoms with Crippen molar-refractivity contribution in [3.05, 3.63) is 28.8 Å². The first kappa shape index (κ1) is 18.4. The van der Waals surface area contributed by atoms with Crippen molar-refractivity contribution in [2.45, 2.75) is 39.5 Å². The number of hydrogen-bond donors (Lipinski definition) is 0. The molecule has 0 spiro atoms. The van der Waals surface area contributed by atoms with Gasteiger partial charge in [0, 0.05) is 18.0 Å². The molecule has 0 fully saturated rings. The smallest absolute Gasteiger partial charge is 0.255 e. The molecule has 1 amide bonds. The van der Waals surface area contributed by atoms with Crippen molar-refractivity contribution >= 4 is 29.3 Å². The van der Waals surface area contributed by atoms with E-state index in [-0.39, 0.29) is 5.91 Å². The fourth-order valence-corrected chi connectivity index (χ4v) is 3.40. The van der Waals surface area contributed by atoms with Crippen molar-refractivity contribution in [2.75, 3.05) is 18.8 Å². The third kappa shape index (κ3) is 5.55. The van der Waals surface area contributed by atoms with Crippen molar-refractivity contribution in [3.8, 4) is 0 Å². The highest BCUT2D eigenvalue weighted by Gasteiger charge is 2.21. The van der Waals surface area contributed by atoms with E-state index in [1.807, 2.05) is 23.1 Å². The van der Waals surface area contributed by atoms with Gasteiger partial charge >= 0.3 is 0 Å². The quantitative estimate of drug-likeness (QED) is 0.641. The molecule has 0 bridgehead atoms. The van der Waals surface area contributed by atoms with Gasteiger partial charge in [-0.05, 0) is 29.7 Å². The van der Waals surface area contributed by atoms with E-state index in [0.29, 0.717) is 16.9 Å². The van der Waals surface area contributed by atoms with Gasteiger partial charge < -0.3 is 4.90 Å². The van der Waals surface area contributed by atoms with Gasteiger partial charge in [0.2, 0.25) is 0 Å². The number of carbonyl (C=O) groups is 1. The number of halogens is 1. The average molecular weight is 328 g/mol. The number of benzene rings is 1. The lowest BCUT2D eigenvalue weighted by molar-refractivity contribution is 0.0711. The van der Waals surface area contributed by atoms with E-state index >= 15 is 0 Å². The van der Waals surface area contributed by atoms with E-state index in [0.717, 1.165) is 29.3 Å². The van der Waals surface area contributed by atoms with Crippen LogP contribution in [0.2, 0.25) is 5.02 Å². The van der Waals surface area contributed by atoms with Crippen molar-refractivity contribution in [3.63, 3.8) is 0 Å². The summed E-state index contributed by atoms with van der Waals surface area (Å²) in [5.41, 5.74) is 0.732. The summed E-state index contributed by atoms with van der Waals surface area (Å²) in [6, 6.07) is 5.60. The zero-order valence-electron chi connectivity index (χ0n) is 13.6. The topological polar surface area (TPSA) is 20.3 Å². The Morgan fingerprint density at radius 2 is 1.76 bits per heavy atom. The highest BCUT2D eigenvalue weighted by Crippen LogP contribution is 2.31. The minimum Gasteiger partial charge on any atom is -0.338 e. The SMILES string of the molecule is CCSc1c(Cl)cccc1C(=O)N(CC(C)C)CC(C)C. The maximum absolute atomic E-state index is 12.9. The molecule has 0 atom stereocenters. The molecule has 1 aromatic carbocycles. The molecular weight excluding hydrogens is 302 g/mol. The standard InChI is InChI=1S/C17H26ClNOS/c1-6-21-16-14(8-7-9-15(16)18)17(20)19(10-12(2)3)11-13(4)5/h7-9,12-13H,6,10-11H2,1-5H3. The molecule has 0 heterocycles. The number of rotatable bonds is 7. The number of carbonyl (C=O) groups excluding carboxylic acids is 1. The molecule has 0 N–H and O–H groups in total. The number of thioether (sulfide) groups is 1. The van der Waals surface area contributed by atoms with Crippen LogP contribution in [-0.2, 0) is 0 Å². The van der Waals surface area contributed by atoms with Gasteiger partial charge in [0.05, 0.1) is 10.6 Å². The van der Waals surface area contributed by atoms with Crippen LogP contribution in [0.1, 0.15) is 45.0 Å². The fraction of sp³-hybridized carbons (Fsp3) is 0.588. The Balaban J connectivity index is 3.10. The Hall–Kier alpha value is -0.670. The first-order valence-corrected chi connectivity index (χ1v) is 8.93. The summed E-state index contributed by atoms with van der Waals surface area (Å²) in [5, 5.41) is 0.668. The molecule has 0 aliphatic carbocycles. The van der Waals surface area contributed by atoms with Gasteiger partial charge in [0.1, 0.15) is 0 Å². The highest BCUT2D eigenvalue weighted by atomic mass is 35.5. The molecule has 0 aliphatic heterocycles. The summed E-state index contributed by atoms with van der Waals surface area (Å²) in [6.07, 6.45) is 0. The van der Waals surface area contributed by atoms with Crippen LogP contribution < -0.4 is 0 Å². The minimum absolute atomic E-state index is 0.0934. The minimum atomic E-state index is 0.0934. The maximum Gasteiger partial charge on any atom is 0.255 e. The molecule has 118 valence electrons. The number of amides is 1. The van der Waals surface area contributed by atoms with Crippen molar-refractivity contribution in [2.24, 2.45) is 11.8 Å². The van der Waals surface area contributed by atoms with Gasteiger partial charge in [-0.3, -0.25) is 4.79 Å². The Morgan fingerprint density at radius 1 is 1.19 bits per heavy atom. The van der Waals surface area contributed by atoms with Crippen LogP contribution in [0.25, 0.3) is 0 Å². The van der Waals surface area contributed by atoms with Gasteiger partial charge in [0.25, 0.3) is 5.91 Å². The van der Waals surface area contributed by atoms with Crippen molar-refractivity contribution in [1.29, 1.82) is 0 Å². The molecule has 0 saturated carbocycles. The van der Waals surface area contributed by atoms with Crippen LogP contribution in [0.15, 0.2) is 23.1 Å². The van der Waals surface area contributed by atoms with E-state index < -0.39 is 0 Å². The summed E-state index contributed by atoms with van der Waals surface area (Å²) in [5.74, 6) is 1.90. The van der Waals surface area contributed by atoms with Gasteiger partial charge in [-0.1, -0.05) is 52.3 Å². The van der Waals surface area contributed by atoms with Gasteiger partial charge in [-0.2, -0.15) is 0 Å². The Bertz CT molecular complexity index is 464. The molecular formula is C17H26ClNOS. The predicted octanol–water partition coefficient (Wildman–Crippen LogP) is 5.21. The second-order valence-electron chi connectivity index (χ2n) is 6.05. The van der Waals surface area contributed by atoms with Crippen molar-refractivity contribution in [1.82, 2.24) is 4.90 Å². The molecule has 1 aromatic rings. The summed E-state index contributed by atoms with van der Waals surface area (Å²) < 4.78 is 0. The lowest BCUT2D eigenvalue weighted by Gasteiger charge is -2.27. The molecule has 0 radical (unpaired) electrons. The first-order chi connectivity index (χ1) is 9.86. The monoisotopic (exact) mass is 327 g/mol. The normalized spacial score (nSPS) is 11.2. The number of nitrogens with zero attached hydrogens (tertiary/aromatic N) is 1. The number of hydrogen-bond acceptors (Lipinski definition) is 2.